The lowest BCUT2D eigenvalue weighted by Crippen LogP contribution is -2.23. The summed E-state index contributed by atoms with van der Waals surface area (Å²) in [4.78, 5) is 8.10. The minimum absolute atomic E-state index is 0.468. The molecular formula is C15H26N2O2S. The summed E-state index contributed by atoms with van der Waals surface area (Å²) in [5, 5.41) is 11.4. The van der Waals surface area contributed by atoms with E-state index < -0.39 is 5.60 Å². The highest BCUT2D eigenvalue weighted by Crippen LogP contribution is 2.31. The summed E-state index contributed by atoms with van der Waals surface area (Å²) in [6.07, 6.45) is 5.26. The molecule has 0 aromatic carbocycles. The average Bonchev–Trinajstić information content (AvgIpc) is 2.59. The molecule has 1 aliphatic rings. The summed E-state index contributed by atoms with van der Waals surface area (Å²) in [5.41, 5.74) is 0.0394. The molecule has 4 nitrogen and oxygen atoms in total. The molecule has 0 spiro atoms. The first kappa shape index (κ1) is 15.9. The second-order valence-corrected chi connectivity index (χ2v) is 7.15. The quantitative estimate of drug-likeness (QED) is 0.908. The fraction of sp³-hybridized carbons (Fsp3) is 0.800. The molecule has 0 radical (unpaired) electrons. The Balaban J connectivity index is 2.11. The maximum absolute atomic E-state index is 10.3. The van der Waals surface area contributed by atoms with Crippen molar-refractivity contribution in [3.63, 3.8) is 0 Å². The Labute approximate surface area is 125 Å². The van der Waals surface area contributed by atoms with Crippen molar-refractivity contribution < 1.29 is 9.84 Å². The highest BCUT2D eigenvalue weighted by molar-refractivity contribution is 7.11. The van der Waals surface area contributed by atoms with Gasteiger partial charge in [-0.2, -0.15) is 0 Å². The van der Waals surface area contributed by atoms with E-state index in [4.69, 9.17) is 4.74 Å². The van der Waals surface area contributed by atoms with Crippen LogP contribution in [0.3, 0.4) is 0 Å². The summed E-state index contributed by atoms with van der Waals surface area (Å²) in [6, 6.07) is 0. The Bertz CT molecular complexity index is 418. The third kappa shape index (κ3) is 4.25. The summed E-state index contributed by atoms with van der Waals surface area (Å²) >= 11 is 1.62. The molecule has 2 rings (SSSR count). The van der Waals surface area contributed by atoms with E-state index in [1.54, 1.807) is 18.4 Å². The number of hydrogen-bond acceptors (Lipinski definition) is 5. The zero-order valence-corrected chi connectivity index (χ0v) is 13.6. The third-order valence-corrected chi connectivity index (χ3v) is 5.03. The number of methoxy groups -OCH3 is 1. The normalized spacial score (nSPS) is 18.2. The maximum Gasteiger partial charge on any atom is 0.107 e. The predicted octanol–water partition coefficient (Wildman–Crippen LogP) is 2.89. The Morgan fingerprint density at radius 2 is 1.90 bits per heavy atom. The topological polar surface area (TPSA) is 45.6 Å². The molecule has 114 valence electrons. The molecule has 1 aliphatic heterocycles. The second kappa shape index (κ2) is 6.98. The maximum atomic E-state index is 10.3. The van der Waals surface area contributed by atoms with Crippen LogP contribution in [0, 0.1) is 0 Å². The standard InChI is InChI=1S/C15H26N2O2S/c1-15(2,18)14-12(11-19-3)16-13(20-14)10-17-8-6-4-5-7-9-17/h18H,4-11H2,1-3H3. The largest absolute Gasteiger partial charge is 0.385 e. The van der Waals surface area contributed by atoms with Crippen LogP contribution in [-0.4, -0.2) is 35.2 Å². The minimum atomic E-state index is -0.845. The van der Waals surface area contributed by atoms with Crippen LogP contribution in [0.2, 0.25) is 0 Å². The van der Waals surface area contributed by atoms with Crippen LogP contribution in [0.4, 0.5) is 0 Å². The fourth-order valence-corrected chi connectivity index (χ4v) is 3.78. The zero-order valence-electron chi connectivity index (χ0n) is 12.8. The smallest absolute Gasteiger partial charge is 0.107 e. The summed E-state index contributed by atoms with van der Waals surface area (Å²) in [6.45, 7) is 7.33. The van der Waals surface area contributed by atoms with Gasteiger partial charge >= 0.3 is 0 Å². The molecule has 20 heavy (non-hydrogen) atoms. The highest BCUT2D eigenvalue weighted by atomic mass is 32.1. The van der Waals surface area contributed by atoms with Crippen molar-refractivity contribution in [2.75, 3.05) is 20.2 Å². The molecule has 5 heteroatoms. The molecule has 0 atom stereocenters. The Kier molecular flexibility index (Phi) is 5.55. The Morgan fingerprint density at radius 3 is 2.45 bits per heavy atom. The molecule has 0 bridgehead atoms. The Hall–Kier alpha value is -0.490. The lowest BCUT2D eigenvalue weighted by molar-refractivity contribution is 0.0782. The molecule has 1 aromatic heterocycles. The van der Waals surface area contributed by atoms with Crippen molar-refractivity contribution >= 4 is 11.3 Å². The van der Waals surface area contributed by atoms with Gasteiger partial charge in [-0.15, -0.1) is 11.3 Å². The number of aliphatic hydroxyl groups is 1. The van der Waals surface area contributed by atoms with E-state index in [-0.39, 0.29) is 0 Å². The van der Waals surface area contributed by atoms with Crippen LogP contribution in [0.15, 0.2) is 0 Å². The summed E-state index contributed by atoms with van der Waals surface area (Å²) < 4.78 is 5.21. The van der Waals surface area contributed by atoms with Gasteiger partial charge in [0.2, 0.25) is 0 Å². The first-order valence-electron chi connectivity index (χ1n) is 7.43. The third-order valence-electron chi connectivity index (χ3n) is 3.64. The van der Waals surface area contributed by atoms with Crippen LogP contribution in [0.1, 0.15) is 55.1 Å². The van der Waals surface area contributed by atoms with Gasteiger partial charge in [0.05, 0.1) is 29.3 Å². The van der Waals surface area contributed by atoms with Gasteiger partial charge in [0.15, 0.2) is 0 Å². The molecule has 0 aliphatic carbocycles. The van der Waals surface area contributed by atoms with Gasteiger partial charge in [-0.25, -0.2) is 4.98 Å². The number of likely N-dealkylation sites (tertiary alicyclic amines) is 1. The van der Waals surface area contributed by atoms with Gasteiger partial charge < -0.3 is 9.84 Å². The van der Waals surface area contributed by atoms with Crippen LogP contribution < -0.4 is 0 Å². The number of thiazole rings is 1. The van der Waals surface area contributed by atoms with Crippen molar-refractivity contribution in [1.29, 1.82) is 0 Å². The molecule has 0 unspecified atom stereocenters. The van der Waals surface area contributed by atoms with Crippen LogP contribution in [0.5, 0.6) is 0 Å². The number of ether oxygens (including phenoxy) is 1. The van der Waals surface area contributed by atoms with Gasteiger partial charge in [0, 0.05) is 7.11 Å². The van der Waals surface area contributed by atoms with Gasteiger partial charge in [-0.05, 0) is 39.8 Å². The molecule has 1 saturated heterocycles. The van der Waals surface area contributed by atoms with E-state index in [2.05, 4.69) is 9.88 Å². The molecular weight excluding hydrogens is 272 g/mol. The molecule has 0 amide bonds. The second-order valence-electron chi connectivity index (χ2n) is 6.07. The number of rotatable bonds is 5. The number of aromatic nitrogens is 1. The van der Waals surface area contributed by atoms with E-state index in [1.165, 1.54) is 25.7 Å². The van der Waals surface area contributed by atoms with Crippen LogP contribution >= 0.6 is 11.3 Å². The summed E-state index contributed by atoms with van der Waals surface area (Å²) in [5.74, 6) is 0. The molecule has 2 heterocycles. The van der Waals surface area contributed by atoms with Gasteiger partial charge in [0.1, 0.15) is 5.01 Å². The first-order valence-corrected chi connectivity index (χ1v) is 8.25. The van der Waals surface area contributed by atoms with E-state index in [0.717, 1.165) is 35.2 Å². The number of nitrogens with zero attached hydrogens (tertiary/aromatic N) is 2. The summed E-state index contributed by atoms with van der Waals surface area (Å²) in [7, 11) is 1.67. The van der Waals surface area contributed by atoms with Crippen LogP contribution in [-0.2, 0) is 23.5 Å². The van der Waals surface area contributed by atoms with Crippen molar-refractivity contribution in [2.24, 2.45) is 0 Å². The number of hydrogen-bond donors (Lipinski definition) is 1. The predicted molar refractivity (Wildman–Crippen MR) is 81.8 cm³/mol. The SMILES string of the molecule is COCc1nc(CN2CCCCCC2)sc1C(C)(C)O. The average molecular weight is 298 g/mol. The van der Waals surface area contributed by atoms with Crippen molar-refractivity contribution in [3.05, 3.63) is 15.6 Å². The molecule has 1 N–H and O–H groups in total. The van der Waals surface area contributed by atoms with Gasteiger partial charge in [-0.1, -0.05) is 12.8 Å². The highest BCUT2D eigenvalue weighted by Gasteiger charge is 2.25. The first-order chi connectivity index (χ1) is 9.50. The lowest BCUT2D eigenvalue weighted by atomic mass is 10.1. The minimum Gasteiger partial charge on any atom is -0.385 e. The molecule has 1 fully saturated rings. The van der Waals surface area contributed by atoms with E-state index >= 15 is 0 Å². The zero-order chi connectivity index (χ0) is 14.6. The Morgan fingerprint density at radius 1 is 1.25 bits per heavy atom. The van der Waals surface area contributed by atoms with Gasteiger partial charge in [0.25, 0.3) is 0 Å². The van der Waals surface area contributed by atoms with Crippen molar-refractivity contribution in [2.45, 2.75) is 58.3 Å². The van der Waals surface area contributed by atoms with Crippen molar-refractivity contribution in [1.82, 2.24) is 9.88 Å². The van der Waals surface area contributed by atoms with E-state index in [1.807, 2.05) is 13.8 Å². The van der Waals surface area contributed by atoms with Crippen LogP contribution in [0.25, 0.3) is 0 Å². The van der Waals surface area contributed by atoms with Gasteiger partial charge in [-0.3, -0.25) is 4.90 Å². The molecule has 0 saturated carbocycles. The molecule has 1 aromatic rings. The van der Waals surface area contributed by atoms with Crippen molar-refractivity contribution in [3.8, 4) is 0 Å². The van der Waals surface area contributed by atoms with E-state index in [9.17, 15) is 5.11 Å². The fourth-order valence-electron chi connectivity index (χ4n) is 2.67. The van der Waals surface area contributed by atoms with E-state index in [0.29, 0.717) is 6.61 Å². The lowest BCUT2D eigenvalue weighted by Gasteiger charge is -2.18. The monoisotopic (exact) mass is 298 g/mol.